The average Bonchev–Trinajstić information content (AvgIpc) is 3.09. The van der Waals surface area contributed by atoms with Crippen LogP contribution in [0.25, 0.3) is 0 Å². The molecular weight excluding hydrogens is 496 g/mol. The summed E-state index contributed by atoms with van der Waals surface area (Å²) in [4.78, 5) is 45.9. The number of hydrogen-bond donors (Lipinski definition) is 1. The van der Waals surface area contributed by atoms with E-state index in [0.717, 1.165) is 6.42 Å². The molecule has 4 heterocycles. The molecule has 0 aromatic heterocycles. The minimum atomic E-state index is -1.40. The van der Waals surface area contributed by atoms with Crippen molar-refractivity contribution in [2.24, 2.45) is 17.3 Å². The summed E-state index contributed by atoms with van der Waals surface area (Å²) < 4.78 is 12.3. The lowest BCUT2D eigenvalue weighted by Gasteiger charge is -2.45. The van der Waals surface area contributed by atoms with E-state index in [2.05, 4.69) is 20.8 Å². The highest BCUT2D eigenvalue weighted by Gasteiger charge is 2.75. The number of carbonyl (C=O) groups excluding carboxylic acids is 3. The van der Waals surface area contributed by atoms with Crippen molar-refractivity contribution >= 4 is 17.8 Å². The van der Waals surface area contributed by atoms with Crippen LogP contribution in [0.2, 0.25) is 0 Å². The van der Waals surface area contributed by atoms with Gasteiger partial charge in [-0.1, -0.05) is 69.3 Å². The van der Waals surface area contributed by atoms with Gasteiger partial charge in [0.15, 0.2) is 0 Å². The summed E-state index contributed by atoms with van der Waals surface area (Å²) in [5.74, 6) is -3.08. The molecule has 0 radical (unpaired) electrons. The molecule has 210 valence electrons. The van der Waals surface area contributed by atoms with Crippen LogP contribution in [0.4, 0.5) is 0 Å². The lowest BCUT2D eigenvalue weighted by molar-refractivity contribution is -0.161. The molecule has 0 bridgehead atoms. The van der Waals surface area contributed by atoms with Gasteiger partial charge in [0, 0.05) is 12.1 Å². The summed E-state index contributed by atoms with van der Waals surface area (Å²) in [6.45, 7) is 12.3. The third-order valence-electron chi connectivity index (χ3n) is 8.64. The van der Waals surface area contributed by atoms with Crippen molar-refractivity contribution in [3.8, 4) is 0 Å². The highest BCUT2D eigenvalue weighted by molar-refractivity contribution is 5.99. The standard InChI is InChI=1S/C31H40N2O6/c1-28(2,3)19-29(4,5)32-16-10-15-31-22(23-27(37)38-17-11-14-30(23,6)39-31)25(35)33(24(31)26(32)36)21(18-34)20-12-8-7-9-13-20/h7-15,21-24,34H,16-19H2,1-6H3/t21-,22+,23-,24?,30+,31+/m1/s1. The number of amides is 2. The molecule has 0 aliphatic carbocycles. The van der Waals surface area contributed by atoms with E-state index >= 15 is 0 Å². The Hall–Kier alpha value is -2.97. The number of cyclic esters (lactones) is 1. The van der Waals surface area contributed by atoms with Crippen LogP contribution < -0.4 is 0 Å². The first-order chi connectivity index (χ1) is 18.3. The summed E-state index contributed by atoms with van der Waals surface area (Å²) in [5.41, 5.74) is -2.41. The van der Waals surface area contributed by atoms with Crippen molar-refractivity contribution in [3.63, 3.8) is 0 Å². The molecule has 0 saturated carbocycles. The molecule has 1 unspecified atom stereocenters. The van der Waals surface area contributed by atoms with Gasteiger partial charge in [-0.15, -0.1) is 0 Å². The lowest BCUT2D eigenvalue weighted by Crippen LogP contribution is -2.60. The van der Waals surface area contributed by atoms with E-state index in [1.54, 1.807) is 19.1 Å². The number of hydrogen-bond acceptors (Lipinski definition) is 6. The third-order valence-corrected chi connectivity index (χ3v) is 8.64. The normalized spacial score (nSPS) is 33.3. The minimum Gasteiger partial charge on any atom is -0.461 e. The maximum Gasteiger partial charge on any atom is 0.313 e. The first-order valence-corrected chi connectivity index (χ1v) is 13.8. The maximum atomic E-state index is 14.8. The van der Waals surface area contributed by atoms with Crippen molar-refractivity contribution < 1.29 is 29.0 Å². The van der Waals surface area contributed by atoms with Crippen LogP contribution in [0.5, 0.6) is 0 Å². The zero-order chi connectivity index (χ0) is 28.4. The Bertz CT molecular complexity index is 1220. The number of benzene rings is 1. The van der Waals surface area contributed by atoms with E-state index in [1.165, 1.54) is 4.90 Å². The Morgan fingerprint density at radius 3 is 2.33 bits per heavy atom. The quantitative estimate of drug-likeness (QED) is 0.458. The van der Waals surface area contributed by atoms with Gasteiger partial charge >= 0.3 is 5.97 Å². The minimum absolute atomic E-state index is 0.0536. The van der Waals surface area contributed by atoms with Gasteiger partial charge in [0.25, 0.3) is 0 Å². The number of carbonyl (C=O) groups is 3. The average molecular weight is 537 g/mol. The predicted molar refractivity (Wildman–Crippen MR) is 145 cm³/mol. The van der Waals surface area contributed by atoms with Crippen molar-refractivity contribution in [1.29, 1.82) is 0 Å². The molecule has 4 aliphatic rings. The molecule has 5 rings (SSSR count). The fourth-order valence-electron chi connectivity index (χ4n) is 7.60. The molecule has 4 aliphatic heterocycles. The van der Waals surface area contributed by atoms with Crippen LogP contribution >= 0.6 is 0 Å². The highest BCUT2D eigenvalue weighted by Crippen LogP contribution is 2.59. The Morgan fingerprint density at radius 2 is 1.69 bits per heavy atom. The fraction of sp³-hybridized carbons (Fsp3) is 0.581. The molecule has 8 nitrogen and oxygen atoms in total. The molecule has 2 saturated heterocycles. The SMILES string of the molecule is CC(C)(C)CC(C)(C)N1CC=C[C@]23O[C@@]4(C)C=CCOC(=O)[C@H]4[C@H]2C(=O)N([C@H](CO)c2ccccc2)C3C1=O. The van der Waals surface area contributed by atoms with Gasteiger partial charge in [-0.05, 0) is 44.2 Å². The fourth-order valence-corrected chi connectivity index (χ4v) is 7.60. The molecule has 1 N–H and O–H groups in total. The van der Waals surface area contributed by atoms with Crippen molar-refractivity contribution in [2.75, 3.05) is 19.8 Å². The number of fused-ring (bicyclic) bond motifs is 2. The van der Waals surface area contributed by atoms with Crippen LogP contribution in [0, 0.1) is 17.3 Å². The van der Waals surface area contributed by atoms with E-state index in [4.69, 9.17) is 9.47 Å². The molecule has 2 amide bonds. The predicted octanol–water partition coefficient (Wildman–Crippen LogP) is 3.42. The molecule has 1 aromatic carbocycles. The zero-order valence-corrected chi connectivity index (χ0v) is 23.7. The molecule has 1 aromatic rings. The van der Waals surface area contributed by atoms with E-state index in [9.17, 15) is 19.5 Å². The van der Waals surface area contributed by atoms with E-state index in [1.807, 2.05) is 61.2 Å². The zero-order valence-electron chi connectivity index (χ0n) is 23.7. The molecule has 6 atom stereocenters. The molecule has 2 fully saturated rings. The van der Waals surface area contributed by atoms with Crippen molar-refractivity contribution in [1.82, 2.24) is 9.80 Å². The molecule has 8 heteroatoms. The van der Waals surface area contributed by atoms with Gasteiger partial charge in [0.05, 0.1) is 24.2 Å². The van der Waals surface area contributed by atoms with Gasteiger partial charge < -0.3 is 24.4 Å². The van der Waals surface area contributed by atoms with E-state index in [-0.39, 0.29) is 24.5 Å². The van der Waals surface area contributed by atoms with Crippen molar-refractivity contribution in [3.05, 3.63) is 60.2 Å². The second-order valence-corrected chi connectivity index (χ2v) is 13.3. The largest absolute Gasteiger partial charge is 0.461 e. The summed E-state index contributed by atoms with van der Waals surface area (Å²) >= 11 is 0. The lowest BCUT2D eigenvalue weighted by atomic mass is 9.74. The number of ether oxygens (including phenoxy) is 2. The van der Waals surface area contributed by atoms with E-state index in [0.29, 0.717) is 12.1 Å². The van der Waals surface area contributed by atoms with Gasteiger partial charge in [-0.25, -0.2) is 0 Å². The van der Waals surface area contributed by atoms with Gasteiger partial charge in [-0.3, -0.25) is 14.4 Å². The van der Waals surface area contributed by atoms with Crippen LogP contribution in [0.3, 0.4) is 0 Å². The third kappa shape index (κ3) is 4.32. The smallest absolute Gasteiger partial charge is 0.313 e. The summed E-state index contributed by atoms with van der Waals surface area (Å²) in [7, 11) is 0. The van der Waals surface area contributed by atoms with Crippen molar-refractivity contribution in [2.45, 2.75) is 76.8 Å². The number of rotatable bonds is 5. The maximum absolute atomic E-state index is 14.8. The van der Waals surface area contributed by atoms with E-state index < -0.39 is 52.5 Å². The molecule has 1 spiro atoms. The second kappa shape index (κ2) is 9.30. The Labute approximate surface area is 230 Å². The molecule has 39 heavy (non-hydrogen) atoms. The van der Waals surface area contributed by atoms with Gasteiger partial charge in [-0.2, -0.15) is 0 Å². The summed E-state index contributed by atoms with van der Waals surface area (Å²) in [6, 6.07) is 7.34. The Morgan fingerprint density at radius 1 is 1.00 bits per heavy atom. The number of esters is 1. The van der Waals surface area contributed by atoms with Crippen LogP contribution in [-0.4, -0.2) is 75.2 Å². The highest BCUT2D eigenvalue weighted by atomic mass is 16.6. The topological polar surface area (TPSA) is 96.4 Å². The monoisotopic (exact) mass is 536 g/mol. The van der Waals surface area contributed by atoms with Crippen LogP contribution in [-0.2, 0) is 23.9 Å². The number of likely N-dealkylation sites (tertiary alicyclic amines) is 1. The van der Waals surface area contributed by atoms with Gasteiger partial charge in [0.2, 0.25) is 11.8 Å². The number of nitrogens with zero attached hydrogens (tertiary/aromatic N) is 2. The summed E-state index contributed by atoms with van der Waals surface area (Å²) in [5, 5.41) is 10.6. The molecular formula is C31H40N2O6. The van der Waals surface area contributed by atoms with Gasteiger partial charge in [0.1, 0.15) is 24.2 Å². The Balaban J connectivity index is 1.69. The first-order valence-electron chi connectivity index (χ1n) is 13.8. The first kappa shape index (κ1) is 27.6. The second-order valence-electron chi connectivity index (χ2n) is 13.3. The Kier molecular flexibility index (Phi) is 6.58. The number of aliphatic hydroxyl groups excluding tert-OH is 1. The van der Waals surface area contributed by atoms with Crippen LogP contribution in [0.1, 0.15) is 59.6 Å². The number of aliphatic hydroxyl groups is 1. The summed E-state index contributed by atoms with van der Waals surface area (Å²) in [6.07, 6.45) is 7.97. The van der Waals surface area contributed by atoms with Crippen LogP contribution in [0.15, 0.2) is 54.6 Å².